The summed E-state index contributed by atoms with van der Waals surface area (Å²) in [6, 6.07) is 7.33. The third kappa shape index (κ3) is 2.28. The van der Waals surface area contributed by atoms with E-state index in [0.29, 0.717) is 4.88 Å². The van der Waals surface area contributed by atoms with Crippen LogP contribution in [0.5, 0.6) is 5.75 Å². The van der Waals surface area contributed by atoms with Gasteiger partial charge < -0.3 is 14.7 Å². The van der Waals surface area contributed by atoms with E-state index in [4.69, 9.17) is 9.84 Å². The maximum Gasteiger partial charge on any atom is 0.359 e. The van der Waals surface area contributed by atoms with Gasteiger partial charge in [-0.25, -0.2) is 4.79 Å². The van der Waals surface area contributed by atoms with Crippen molar-refractivity contribution in [1.29, 1.82) is 0 Å². The Morgan fingerprint density at radius 3 is 2.72 bits per heavy atom. The van der Waals surface area contributed by atoms with Crippen LogP contribution in [0.25, 0.3) is 10.1 Å². The molecule has 0 spiro atoms. The van der Waals surface area contributed by atoms with Crippen LogP contribution in [-0.2, 0) is 9.63 Å². The summed E-state index contributed by atoms with van der Waals surface area (Å²) in [5, 5.41) is 13.5. The summed E-state index contributed by atoms with van der Waals surface area (Å²) >= 11 is 1.33. The number of hydrogen-bond donors (Lipinski definition) is 1. The molecular formula is C12H11NO4S. The molecule has 5 nitrogen and oxygen atoms in total. The zero-order chi connectivity index (χ0) is 13.1. The Labute approximate surface area is 107 Å². The minimum Gasteiger partial charge on any atom is -0.497 e. The highest BCUT2D eigenvalue weighted by atomic mass is 32.1. The van der Waals surface area contributed by atoms with E-state index in [1.807, 2.05) is 18.2 Å². The van der Waals surface area contributed by atoms with Crippen molar-refractivity contribution >= 4 is 33.1 Å². The van der Waals surface area contributed by atoms with Crippen molar-refractivity contribution in [2.45, 2.75) is 0 Å². The molecule has 94 valence electrons. The normalized spacial score (nSPS) is 11.6. The molecule has 0 radical (unpaired) electrons. The van der Waals surface area contributed by atoms with Crippen molar-refractivity contribution in [2.75, 3.05) is 14.2 Å². The van der Waals surface area contributed by atoms with Crippen LogP contribution in [0, 0.1) is 0 Å². The first-order chi connectivity index (χ1) is 8.65. The van der Waals surface area contributed by atoms with E-state index in [2.05, 4.69) is 9.99 Å². The Hall–Kier alpha value is -2.08. The highest BCUT2D eigenvalue weighted by molar-refractivity contribution is 7.21. The van der Waals surface area contributed by atoms with Crippen LogP contribution >= 0.6 is 11.3 Å². The minimum absolute atomic E-state index is 0.0994. The molecular weight excluding hydrogens is 254 g/mol. The van der Waals surface area contributed by atoms with E-state index >= 15 is 0 Å². The molecule has 6 heteroatoms. The molecule has 0 saturated heterocycles. The molecule has 18 heavy (non-hydrogen) atoms. The van der Waals surface area contributed by atoms with Gasteiger partial charge in [0.1, 0.15) is 12.9 Å². The number of oxime groups is 1. The van der Waals surface area contributed by atoms with Crippen LogP contribution in [0.4, 0.5) is 0 Å². The van der Waals surface area contributed by atoms with Crippen LogP contribution in [0.15, 0.2) is 29.4 Å². The van der Waals surface area contributed by atoms with Gasteiger partial charge in [0.25, 0.3) is 0 Å². The van der Waals surface area contributed by atoms with Gasteiger partial charge in [-0.2, -0.15) is 0 Å². The van der Waals surface area contributed by atoms with Crippen LogP contribution in [0.1, 0.15) is 4.88 Å². The zero-order valence-corrected chi connectivity index (χ0v) is 10.7. The van der Waals surface area contributed by atoms with E-state index in [-0.39, 0.29) is 5.71 Å². The quantitative estimate of drug-likeness (QED) is 0.680. The second kappa shape index (κ2) is 5.05. The summed E-state index contributed by atoms with van der Waals surface area (Å²) in [6.07, 6.45) is 0. The zero-order valence-electron chi connectivity index (χ0n) is 9.84. The molecule has 1 N–H and O–H groups in total. The van der Waals surface area contributed by atoms with Crippen molar-refractivity contribution in [3.8, 4) is 5.75 Å². The number of methoxy groups -OCH3 is 1. The fourth-order valence-electron chi connectivity index (χ4n) is 1.54. The summed E-state index contributed by atoms with van der Waals surface area (Å²) in [6.45, 7) is 0. The molecule has 2 aromatic rings. The SMILES string of the molecule is CON=C(C(=O)O)c1cc2ccc(OC)cc2s1. The maximum absolute atomic E-state index is 11.1. The third-order valence-electron chi connectivity index (χ3n) is 2.35. The molecule has 1 heterocycles. The van der Waals surface area contributed by atoms with Gasteiger partial charge in [-0.15, -0.1) is 11.3 Å². The molecule has 0 bridgehead atoms. The third-order valence-corrected chi connectivity index (χ3v) is 3.45. The highest BCUT2D eigenvalue weighted by Gasteiger charge is 2.16. The second-order valence-corrected chi connectivity index (χ2v) is 4.53. The van der Waals surface area contributed by atoms with Crippen molar-refractivity contribution in [3.05, 3.63) is 29.1 Å². The first kappa shape index (κ1) is 12.4. The molecule has 0 fully saturated rings. The van der Waals surface area contributed by atoms with Crippen LogP contribution < -0.4 is 4.74 Å². The lowest BCUT2D eigenvalue weighted by Gasteiger charge is -1.97. The van der Waals surface area contributed by atoms with E-state index in [0.717, 1.165) is 15.8 Å². The molecule has 0 atom stereocenters. The molecule has 0 aliphatic rings. The number of carboxylic acid groups (broad SMARTS) is 1. The number of carboxylic acids is 1. The van der Waals surface area contributed by atoms with Gasteiger partial charge in [-0.05, 0) is 29.7 Å². The predicted molar refractivity (Wildman–Crippen MR) is 69.6 cm³/mol. The average Bonchev–Trinajstić information content (AvgIpc) is 2.77. The number of hydrogen-bond acceptors (Lipinski definition) is 5. The number of carbonyl (C=O) groups is 1. The standard InChI is InChI=1S/C12H11NO4S/c1-16-8-4-3-7-5-10(18-9(7)6-8)11(12(14)15)13-17-2/h3-6H,1-2H3,(H,14,15). The number of nitrogens with zero attached hydrogens (tertiary/aromatic N) is 1. The van der Waals surface area contributed by atoms with E-state index in [1.54, 1.807) is 13.2 Å². The molecule has 0 aliphatic heterocycles. The Bertz CT molecular complexity index is 618. The predicted octanol–water partition coefficient (Wildman–Crippen LogP) is 2.35. The number of aliphatic carboxylic acids is 1. The monoisotopic (exact) mass is 265 g/mol. The number of fused-ring (bicyclic) bond motifs is 1. The lowest BCUT2D eigenvalue weighted by Crippen LogP contribution is -2.13. The summed E-state index contributed by atoms with van der Waals surface area (Å²) < 4.78 is 6.06. The van der Waals surface area contributed by atoms with E-state index < -0.39 is 5.97 Å². The average molecular weight is 265 g/mol. The molecule has 1 aromatic carbocycles. The largest absolute Gasteiger partial charge is 0.497 e. The fraction of sp³-hybridized carbons (Fsp3) is 0.167. The number of benzene rings is 1. The summed E-state index contributed by atoms with van der Waals surface area (Å²) in [5.74, 6) is -0.383. The Kier molecular flexibility index (Phi) is 3.47. The highest BCUT2D eigenvalue weighted by Crippen LogP contribution is 2.29. The van der Waals surface area contributed by atoms with Crippen LogP contribution in [-0.4, -0.2) is 31.0 Å². The summed E-state index contributed by atoms with van der Waals surface area (Å²) in [5.41, 5.74) is -0.0994. The second-order valence-electron chi connectivity index (χ2n) is 3.44. The maximum atomic E-state index is 11.1. The fourth-order valence-corrected chi connectivity index (χ4v) is 2.60. The lowest BCUT2D eigenvalue weighted by molar-refractivity contribution is -0.129. The molecule has 0 amide bonds. The Morgan fingerprint density at radius 2 is 2.11 bits per heavy atom. The smallest absolute Gasteiger partial charge is 0.359 e. The summed E-state index contributed by atoms with van der Waals surface area (Å²) in [4.78, 5) is 16.2. The topological polar surface area (TPSA) is 68.1 Å². The molecule has 0 saturated carbocycles. The van der Waals surface area contributed by atoms with Gasteiger partial charge in [-0.3, -0.25) is 0 Å². The molecule has 1 aromatic heterocycles. The van der Waals surface area contributed by atoms with Gasteiger partial charge in [0.15, 0.2) is 0 Å². The first-order valence-corrected chi connectivity index (χ1v) is 5.89. The van der Waals surface area contributed by atoms with E-state index in [1.165, 1.54) is 18.4 Å². The van der Waals surface area contributed by atoms with Crippen molar-refractivity contribution in [2.24, 2.45) is 5.16 Å². The number of ether oxygens (including phenoxy) is 1. The first-order valence-electron chi connectivity index (χ1n) is 5.08. The van der Waals surface area contributed by atoms with Gasteiger partial charge in [0.05, 0.1) is 12.0 Å². The molecule has 2 rings (SSSR count). The number of thiophene rings is 1. The van der Waals surface area contributed by atoms with Crippen molar-refractivity contribution in [1.82, 2.24) is 0 Å². The van der Waals surface area contributed by atoms with E-state index in [9.17, 15) is 4.79 Å². The summed E-state index contributed by atoms with van der Waals surface area (Å²) in [7, 11) is 2.91. The van der Waals surface area contributed by atoms with Crippen LogP contribution in [0.2, 0.25) is 0 Å². The van der Waals surface area contributed by atoms with Gasteiger partial charge in [-0.1, -0.05) is 5.16 Å². The van der Waals surface area contributed by atoms with Gasteiger partial charge in [0, 0.05) is 4.70 Å². The minimum atomic E-state index is -1.12. The van der Waals surface area contributed by atoms with Crippen LogP contribution in [0.3, 0.4) is 0 Å². The molecule has 0 aliphatic carbocycles. The lowest BCUT2D eigenvalue weighted by atomic mass is 10.2. The number of rotatable bonds is 4. The van der Waals surface area contributed by atoms with Gasteiger partial charge >= 0.3 is 5.97 Å². The van der Waals surface area contributed by atoms with Crippen molar-refractivity contribution in [3.63, 3.8) is 0 Å². The Balaban J connectivity index is 2.52. The molecule has 0 unspecified atom stereocenters. The Morgan fingerprint density at radius 1 is 1.33 bits per heavy atom. The van der Waals surface area contributed by atoms with Gasteiger partial charge in [0.2, 0.25) is 5.71 Å². The van der Waals surface area contributed by atoms with Crippen molar-refractivity contribution < 1.29 is 19.5 Å².